The van der Waals surface area contributed by atoms with Gasteiger partial charge in [-0.3, -0.25) is 9.08 Å². The van der Waals surface area contributed by atoms with Gasteiger partial charge < -0.3 is 0 Å². The molecule has 0 spiro atoms. The van der Waals surface area contributed by atoms with Gasteiger partial charge in [0.05, 0.1) is 17.0 Å². The number of hydrogen-bond donors (Lipinski definition) is 0. The summed E-state index contributed by atoms with van der Waals surface area (Å²) >= 11 is 0. The maximum atomic E-state index is 12.5. The Bertz CT molecular complexity index is 1330. The van der Waals surface area contributed by atoms with Crippen LogP contribution in [-0.2, 0) is 19.8 Å². The zero-order chi connectivity index (χ0) is 27.8. The molecule has 0 unspecified atom stereocenters. The lowest BCUT2D eigenvalue weighted by molar-refractivity contribution is 0.0979. The topological polar surface area (TPSA) is 46.6 Å². The summed E-state index contributed by atoms with van der Waals surface area (Å²) in [6.07, 6.45) is 5.05. The molecular weight excluding hydrogens is 514 g/mol. The average molecular weight is 554 g/mol. The Morgan fingerprint density at radius 2 is 1.18 bits per heavy atom. The number of aryl methyl sites for hydroxylation is 1. The average Bonchev–Trinajstić information content (AvgIpc) is 3.00. The van der Waals surface area contributed by atoms with Gasteiger partial charge in [-0.05, 0) is 74.0 Å². The van der Waals surface area contributed by atoms with E-state index < -0.39 is 10.1 Å². The monoisotopic (exact) mass is 553 g/mol. The SMILES string of the molecule is Cc1ccc(S(=O)(=O)OCCCCC2CCN(C(c3ccccc3)(c3ccccc3)c3ccccc3)CC2)cc1. The van der Waals surface area contributed by atoms with Crippen molar-refractivity contribution in [3.05, 3.63) is 138 Å². The van der Waals surface area contributed by atoms with Crippen LogP contribution in [0.4, 0.5) is 0 Å². The minimum Gasteiger partial charge on any atom is -0.286 e. The molecule has 1 fully saturated rings. The number of piperidine rings is 1. The molecule has 4 nitrogen and oxygen atoms in total. The summed E-state index contributed by atoms with van der Waals surface area (Å²) in [5, 5.41) is 0. The summed E-state index contributed by atoms with van der Waals surface area (Å²) < 4.78 is 30.2. The van der Waals surface area contributed by atoms with E-state index in [9.17, 15) is 8.42 Å². The molecule has 1 aliphatic rings. The molecule has 208 valence electrons. The van der Waals surface area contributed by atoms with Crippen LogP contribution < -0.4 is 0 Å². The van der Waals surface area contributed by atoms with E-state index in [2.05, 4.69) is 95.9 Å². The summed E-state index contributed by atoms with van der Waals surface area (Å²) in [4.78, 5) is 2.89. The maximum absolute atomic E-state index is 12.5. The van der Waals surface area contributed by atoms with Crippen LogP contribution in [0.2, 0.25) is 0 Å². The molecule has 0 bridgehead atoms. The summed E-state index contributed by atoms with van der Waals surface area (Å²) in [5.41, 5.74) is 4.54. The van der Waals surface area contributed by atoms with Crippen molar-refractivity contribution in [1.29, 1.82) is 0 Å². The zero-order valence-corrected chi connectivity index (χ0v) is 24.1. The van der Waals surface area contributed by atoms with E-state index in [1.54, 1.807) is 24.3 Å². The fourth-order valence-corrected chi connectivity index (χ4v) is 7.06. The standard InChI is InChI=1S/C35H39NO3S/c1-29-20-22-34(23-21-29)40(37,38)39-28-12-11-13-30-24-26-36(27-25-30)35(31-14-5-2-6-15-31,32-16-7-3-8-17-32)33-18-9-4-10-19-33/h2-10,14-23,30H,11-13,24-28H2,1H3. The van der Waals surface area contributed by atoms with Crippen LogP contribution in [0.25, 0.3) is 0 Å². The third-order valence-electron chi connectivity index (χ3n) is 8.22. The molecule has 0 radical (unpaired) electrons. The first-order valence-corrected chi connectivity index (χ1v) is 15.8. The summed E-state index contributed by atoms with van der Waals surface area (Å²) in [6, 6.07) is 39.5. The van der Waals surface area contributed by atoms with E-state index in [4.69, 9.17) is 4.18 Å². The largest absolute Gasteiger partial charge is 0.296 e. The Kier molecular flexibility index (Phi) is 9.15. The van der Waals surface area contributed by atoms with Crippen molar-refractivity contribution in [2.24, 2.45) is 5.92 Å². The fraction of sp³-hybridized carbons (Fsp3) is 0.314. The molecule has 4 aromatic rings. The van der Waals surface area contributed by atoms with Crippen molar-refractivity contribution >= 4 is 10.1 Å². The van der Waals surface area contributed by atoms with Crippen LogP contribution >= 0.6 is 0 Å². The third-order valence-corrected chi connectivity index (χ3v) is 9.54. The highest BCUT2D eigenvalue weighted by atomic mass is 32.2. The van der Waals surface area contributed by atoms with E-state index in [0.717, 1.165) is 50.8 Å². The predicted molar refractivity (Wildman–Crippen MR) is 162 cm³/mol. The zero-order valence-electron chi connectivity index (χ0n) is 23.3. The van der Waals surface area contributed by atoms with Crippen LogP contribution in [-0.4, -0.2) is 33.0 Å². The number of rotatable bonds is 11. The summed E-state index contributed by atoms with van der Waals surface area (Å²) in [5.74, 6) is 0.630. The molecule has 4 aromatic carbocycles. The molecule has 0 aromatic heterocycles. The second-order valence-corrected chi connectivity index (χ2v) is 12.4. The van der Waals surface area contributed by atoms with Gasteiger partial charge in [0.2, 0.25) is 0 Å². The van der Waals surface area contributed by atoms with Gasteiger partial charge >= 0.3 is 0 Å². The van der Waals surface area contributed by atoms with Crippen molar-refractivity contribution in [3.63, 3.8) is 0 Å². The van der Waals surface area contributed by atoms with Crippen molar-refractivity contribution < 1.29 is 12.6 Å². The highest BCUT2D eigenvalue weighted by Crippen LogP contribution is 2.44. The van der Waals surface area contributed by atoms with Crippen molar-refractivity contribution in [1.82, 2.24) is 4.90 Å². The smallest absolute Gasteiger partial charge is 0.286 e. The van der Waals surface area contributed by atoms with Crippen LogP contribution in [0.5, 0.6) is 0 Å². The van der Waals surface area contributed by atoms with E-state index in [-0.39, 0.29) is 17.0 Å². The molecule has 1 aliphatic heterocycles. The lowest BCUT2D eigenvalue weighted by Gasteiger charge is -2.48. The van der Waals surface area contributed by atoms with Gasteiger partial charge in [0.25, 0.3) is 10.1 Å². The van der Waals surface area contributed by atoms with Gasteiger partial charge in [0.15, 0.2) is 0 Å². The molecule has 5 rings (SSSR count). The molecule has 1 heterocycles. The lowest BCUT2D eigenvalue weighted by atomic mass is 9.74. The normalized spacial score (nSPS) is 15.2. The molecule has 0 amide bonds. The summed E-state index contributed by atoms with van der Waals surface area (Å²) in [7, 11) is -3.69. The second-order valence-electron chi connectivity index (χ2n) is 10.8. The number of hydrogen-bond acceptors (Lipinski definition) is 4. The Hall–Kier alpha value is -3.25. The molecule has 5 heteroatoms. The van der Waals surface area contributed by atoms with E-state index in [1.165, 1.54) is 16.7 Å². The second kappa shape index (κ2) is 12.9. The van der Waals surface area contributed by atoms with Gasteiger partial charge in [-0.2, -0.15) is 8.42 Å². The minimum atomic E-state index is -3.69. The Labute approximate surface area is 239 Å². The molecular formula is C35H39NO3S. The quantitative estimate of drug-likeness (QED) is 0.109. The van der Waals surface area contributed by atoms with E-state index in [0.29, 0.717) is 5.92 Å². The minimum absolute atomic E-state index is 0.226. The molecule has 0 N–H and O–H groups in total. The van der Waals surface area contributed by atoms with Crippen molar-refractivity contribution in [3.8, 4) is 0 Å². The molecule has 1 saturated heterocycles. The van der Waals surface area contributed by atoms with Crippen LogP contribution in [0.1, 0.15) is 54.4 Å². The van der Waals surface area contributed by atoms with Gasteiger partial charge in [-0.15, -0.1) is 0 Å². The number of unbranched alkanes of at least 4 members (excludes halogenated alkanes) is 1. The Balaban J connectivity index is 1.24. The molecule has 0 aliphatic carbocycles. The van der Waals surface area contributed by atoms with Crippen LogP contribution in [0.3, 0.4) is 0 Å². The summed E-state index contributed by atoms with van der Waals surface area (Å²) in [6.45, 7) is 4.17. The Morgan fingerprint density at radius 3 is 1.65 bits per heavy atom. The highest BCUT2D eigenvalue weighted by molar-refractivity contribution is 7.86. The first-order chi connectivity index (χ1) is 19.5. The van der Waals surface area contributed by atoms with Crippen molar-refractivity contribution in [2.75, 3.05) is 19.7 Å². The van der Waals surface area contributed by atoms with Gasteiger partial charge in [-0.25, -0.2) is 0 Å². The molecule has 0 atom stereocenters. The van der Waals surface area contributed by atoms with Crippen molar-refractivity contribution in [2.45, 2.75) is 49.5 Å². The lowest BCUT2D eigenvalue weighted by Crippen LogP contribution is -2.51. The van der Waals surface area contributed by atoms with Gasteiger partial charge in [-0.1, -0.05) is 122 Å². The third kappa shape index (κ3) is 6.22. The number of nitrogens with zero attached hydrogens (tertiary/aromatic N) is 1. The maximum Gasteiger partial charge on any atom is 0.296 e. The first kappa shape index (κ1) is 28.3. The van der Waals surface area contributed by atoms with Crippen LogP contribution in [0, 0.1) is 12.8 Å². The molecule has 40 heavy (non-hydrogen) atoms. The number of likely N-dealkylation sites (tertiary alicyclic amines) is 1. The Morgan fingerprint density at radius 1 is 0.700 bits per heavy atom. The number of benzene rings is 4. The van der Waals surface area contributed by atoms with Gasteiger partial charge in [0.1, 0.15) is 0 Å². The van der Waals surface area contributed by atoms with Gasteiger partial charge in [0, 0.05) is 0 Å². The highest BCUT2D eigenvalue weighted by Gasteiger charge is 2.43. The van der Waals surface area contributed by atoms with Crippen LogP contribution in [0.15, 0.2) is 120 Å². The van der Waals surface area contributed by atoms with E-state index >= 15 is 0 Å². The first-order valence-electron chi connectivity index (χ1n) is 14.4. The fourth-order valence-electron chi connectivity index (χ4n) is 6.12. The predicted octanol–water partition coefficient (Wildman–Crippen LogP) is 7.57. The van der Waals surface area contributed by atoms with E-state index in [1.807, 2.05) is 6.92 Å². The molecule has 0 saturated carbocycles.